The van der Waals surface area contributed by atoms with Crippen molar-refractivity contribution in [2.45, 2.75) is 5.92 Å². The summed E-state index contributed by atoms with van der Waals surface area (Å²) in [5.74, 6) is 0.0906. The van der Waals surface area contributed by atoms with Gasteiger partial charge in [-0.05, 0) is 96.5 Å². The predicted octanol–water partition coefficient (Wildman–Crippen LogP) is 13.0. The third-order valence-electron chi connectivity index (χ3n) is 11.6. The van der Waals surface area contributed by atoms with E-state index < -0.39 is 0 Å². The lowest BCUT2D eigenvalue weighted by atomic mass is 9.85. The molecule has 3 nitrogen and oxygen atoms in total. The fourth-order valence-corrected chi connectivity index (χ4v) is 9.34. The quantitative estimate of drug-likeness (QED) is 0.173. The van der Waals surface area contributed by atoms with Crippen LogP contribution in [0.15, 0.2) is 182 Å². The Kier molecular flexibility index (Phi) is 6.11. The molecule has 0 bridgehead atoms. The van der Waals surface area contributed by atoms with Gasteiger partial charge in [0.05, 0.1) is 22.2 Å². The van der Waals surface area contributed by atoms with Gasteiger partial charge in [-0.2, -0.15) is 0 Å². The van der Waals surface area contributed by atoms with Crippen molar-refractivity contribution in [3.63, 3.8) is 0 Å². The largest absolute Gasteiger partial charge is 0.308 e. The summed E-state index contributed by atoms with van der Waals surface area (Å²) < 4.78 is 2.39. The Bertz CT molecular complexity index is 3240. The zero-order valence-corrected chi connectivity index (χ0v) is 29.2. The number of para-hydroxylation sites is 1. The summed E-state index contributed by atoms with van der Waals surface area (Å²) in [6.45, 7) is 0. The first-order chi connectivity index (χ1) is 26.8. The lowest BCUT2D eigenvalue weighted by Crippen LogP contribution is -2.00. The molecule has 0 saturated carbocycles. The molecule has 250 valence electrons. The number of nitrogens with zero attached hydrogens (tertiary/aromatic N) is 3. The van der Waals surface area contributed by atoms with Crippen LogP contribution in [-0.2, 0) is 0 Å². The molecule has 8 aromatic carbocycles. The van der Waals surface area contributed by atoms with Crippen LogP contribution in [0.3, 0.4) is 0 Å². The highest BCUT2D eigenvalue weighted by Gasteiger charge is 2.34. The molecule has 3 heteroatoms. The van der Waals surface area contributed by atoms with Gasteiger partial charge in [0.2, 0.25) is 0 Å². The molecule has 12 rings (SSSR count). The minimum absolute atomic E-state index is 0.0906. The Morgan fingerprint density at radius 3 is 1.74 bits per heavy atom. The van der Waals surface area contributed by atoms with Crippen LogP contribution in [-0.4, -0.2) is 14.5 Å². The number of hydrogen-bond acceptors (Lipinski definition) is 2. The van der Waals surface area contributed by atoms with E-state index in [1.54, 1.807) is 0 Å². The average Bonchev–Trinajstić information content (AvgIpc) is 3.75. The van der Waals surface area contributed by atoms with E-state index in [4.69, 9.17) is 9.97 Å². The number of hydrogen-bond donors (Lipinski definition) is 0. The number of aromatic nitrogens is 3. The van der Waals surface area contributed by atoms with Crippen LogP contribution >= 0.6 is 0 Å². The zero-order chi connectivity index (χ0) is 35.3. The van der Waals surface area contributed by atoms with E-state index in [-0.39, 0.29) is 5.92 Å². The van der Waals surface area contributed by atoms with Crippen LogP contribution in [0, 0.1) is 0 Å². The summed E-state index contributed by atoms with van der Waals surface area (Å²) in [7, 11) is 0. The maximum absolute atomic E-state index is 5.28. The molecule has 3 heterocycles. The van der Waals surface area contributed by atoms with E-state index >= 15 is 0 Å². The van der Waals surface area contributed by atoms with Gasteiger partial charge in [0.25, 0.3) is 0 Å². The molecule has 0 saturated heterocycles. The minimum atomic E-state index is 0.0906. The standard InChI is InChI=1S/C51H31N3/c1-5-13-31(14-6-1)36-26-42-45(33-17-9-3-10-18-33)41-25-34-21-24-40-47-35(22-23-39(46(34)47)48(41)50(42)52-29-36)27-43-49(40)51-44(54(43)38-19-11-4-12-20-38)28-37(30-53-51)32-15-7-2-8-16-32/h1-30,45H. The van der Waals surface area contributed by atoms with E-state index in [2.05, 4.69) is 181 Å². The average molecular weight is 686 g/mol. The van der Waals surface area contributed by atoms with Crippen LogP contribution in [0.4, 0.5) is 0 Å². The summed E-state index contributed by atoms with van der Waals surface area (Å²) in [5.41, 5.74) is 15.2. The maximum atomic E-state index is 5.28. The van der Waals surface area contributed by atoms with Crippen molar-refractivity contribution < 1.29 is 0 Å². The highest BCUT2D eigenvalue weighted by molar-refractivity contribution is 6.34. The third kappa shape index (κ3) is 4.12. The highest BCUT2D eigenvalue weighted by Crippen LogP contribution is 2.54. The summed E-state index contributed by atoms with van der Waals surface area (Å²) in [6, 6.07) is 61.6. The fraction of sp³-hybridized carbons (Fsp3) is 0.0196. The number of rotatable bonds is 4. The van der Waals surface area contributed by atoms with Crippen LogP contribution in [0.2, 0.25) is 0 Å². The summed E-state index contributed by atoms with van der Waals surface area (Å²) in [6.07, 6.45) is 4.09. The van der Waals surface area contributed by atoms with Gasteiger partial charge in [0.1, 0.15) is 0 Å². The van der Waals surface area contributed by atoms with Crippen molar-refractivity contribution >= 4 is 54.3 Å². The van der Waals surface area contributed by atoms with Crippen molar-refractivity contribution in [2.75, 3.05) is 0 Å². The molecule has 1 unspecified atom stereocenters. The van der Waals surface area contributed by atoms with Crippen molar-refractivity contribution in [1.29, 1.82) is 0 Å². The summed E-state index contributed by atoms with van der Waals surface area (Å²) >= 11 is 0. The molecular weight excluding hydrogens is 655 g/mol. The molecule has 1 aliphatic carbocycles. The van der Waals surface area contributed by atoms with E-state index in [9.17, 15) is 0 Å². The van der Waals surface area contributed by atoms with E-state index in [1.165, 1.54) is 65.5 Å². The van der Waals surface area contributed by atoms with Gasteiger partial charge in [0, 0.05) is 46.1 Å². The fourth-order valence-electron chi connectivity index (χ4n) is 9.34. The third-order valence-corrected chi connectivity index (χ3v) is 11.6. The number of fused-ring (bicyclic) bond motifs is 8. The second kappa shape index (κ2) is 11.2. The van der Waals surface area contributed by atoms with Crippen LogP contribution in [0.5, 0.6) is 0 Å². The molecule has 0 N–H and O–H groups in total. The number of benzene rings is 8. The van der Waals surface area contributed by atoms with Crippen LogP contribution in [0.1, 0.15) is 22.6 Å². The lowest BCUT2D eigenvalue weighted by Gasteiger charge is -2.18. The van der Waals surface area contributed by atoms with Gasteiger partial charge in [-0.15, -0.1) is 0 Å². The van der Waals surface area contributed by atoms with E-state index in [1.807, 2.05) is 6.20 Å². The van der Waals surface area contributed by atoms with Gasteiger partial charge in [-0.1, -0.05) is 133 Å². The normalized spacial score (nSPS) is 13.7. The molecule has 1 aliphatic rings. The number of pyridine rings is 2. The molecule has 0 aliphatic heterocycles. The van der Waals surface area contributed by atoms with Gasteiger partial charge in [0.15, 0.2) is 0 Å². The van der Waals surface area contributed by atoms with E-state index in [0.717, 1.165) is 44.6 Å². The molecule has 0 spiro atoms. The highest BCUT2D eigenvalue weighted by atomic mass is 15.0. The molecular formula is C51H31N3. The Morgan fingerprint density at radius 1 is 0.426 bits per heavy atom. The molecule has 11 aromatic rings. The van der Waals surface area contributed by atoms with Gasteiger partial charge < -0.3 is 4.57 Å². The molecule has 0 fully saturated rings. The molecule has 0 amide bonds. The Balaban J connectivity index is 1.17. The topological polar surface area (TPSA) is 30.7 Å². The SMILES string of the molecule is c1ccc(-c2cnc3c(c2)C(c2ccccc2)c2cc4ccc5c6c(ccc(c2-3)c46)cc2c5c3ncc(-c4ccccc4)cc3n2-c2ccccc2)cc1. The van der Waals surface area contributed by atoms with Gasteiger partial charge >= 0.3 is 0 Å². The monoisotopic (exact) mass is 685 g/mol. The first-order valence-electron chi connectivity index (χ1n) is 18.6. The van der Waals surface area contributed by atoms with E-state index in [0.29, 0.717) is 0 Å². The summed E-state index contributed by atoms with van der Waals surface area (Å²) in [4.78, 5) is 10.5. The maximum Gasteiger partial charge on any atom is 0.0970 e. The Labute approximate surface area is 311 Å². The molecule has 3 aromatic heterocycles. The van der Waals surface area contributed by atoms with Crippen molar-refractivity contribution in [1.82, 2.24) is 14.5 Å². The minimum Gasteiger partial charge on any atom is -0.308 e. The Hall–Kier alpha value is -7.10. The second-order valence-electron chi connectivity index (χ2n) is 14.5. The summed E-state index contributed by atoms with van der Waals surface area (Å²) in [5, 5.41) is 8.72. The van der Waals surface area contributed by atoms with Crippen molar-refractivity contribution in [3.05, 3.63) is 199 Å². The Morgan fingerprint density at radius 2 is 1.02 bits per heavy atom. The first-order valence-corrected chi connectivity index (χ1v) is 18.6. The van der Waals surface area contributed by atoms with Crippen LogP contribution in [0.25, 0.3) is 93.5 Å². The van der Waals surface area contributed by atoms with Crippen molar-refractivity contribution in [3.8, 4) is 39.2 Å². The van der Waals surface area contributed by atoms with Gasteiger partial charge in [-0.3, -0.25) is 9.97 Å². The predicted molar refractivity (Wildman–Crippen MR) is 224 cm³/mol. The molecule has 1 atom stereocenters. The first kappa shape index (κ1) is 29.5. The lowest BCUT2D eigenvalue weighted by molar-refractivity contribution is 1.01. The van der Waals surface area contributed by atoms with Crippen molar-refractivity contribution in [2.24, 2.45) is 0 Å². The van der Waals surface area contributed by atoms with Gasteiger partial charge in [-0.25, -0.2) is 0 Å². The van der Waals surface area contributed by atoms with Crippen LogP contribution < -0.4 is 0 Å². The molecule has 0 radical (unpaired) electrons. The smallest absolute Gasteiger partial charge is 0.0970 e. The zero-order valence-electron chi connectivity index (χ0n) is 29.2. The second-order valence-corrected chi connectivity index (χ2v) is 14.5. The molecule has 54 heavy (non-hydrogen) atoms.